The second kappa shape index (κ2) is 18.2. The predicted octanol–water partition coefficient (Wildman–Crippen LogP) is 3.92. The Morgan fingerprint density at radius 3 is 0.757 bits per heavy atom. The summed E-state index contributed by atoms with van der Waals surface area (Å²) < 4.78 is 0. The van der Waals surface area contributed by atoms with Crippen LogP contribution in [0.15, 0.2) is 0 Å². The molecule has 0 unspecified atom stereocenters. The molecule has 0 aromatic carbocycles. The van der Waals surface area contributed by atoms with Gasteiger partial charge in [-0.3, -0.25) is 0 Å². The second-order valence-corrected chi connectivity index (χ2v) is 12.6. The largest absolute Gasteiger partial charge is 0.303 e. The summed E-state index contributed by atoms with van der Waals surface area (Å²) >= 11 is 0. The Labute approximate surface area is 230 Å². The van der Waals surface area contributed by atoms with E-state index in [9.17, 15) is 0 Å². The van der Waals surface area contributed by atoms with Crippen LogP contribution in [0.3, 0.4) is 0 Å². The first-order valence-electron chi connectivity index (χ1n) is 16.7. The smallest absolute Gasteiger partial charge is 0.000653 e. The summed E-state index contributed by atoms with van der Waals surface area (Å²) in [6.45, 7) is 23.9. The van der Waals surface area contributed by atoms with Crippen LogP contribution < -0.4 is 0 Å². The first-order chi connectivity index (χ1) is 18.3. The number of hydrogen-bond donors (Lipinski definition) is 0. The molecule has 4 saturated heterocycles. The lowest BCUT2D eigenvalue weighted by Crippen LogP contribution is -2.36. The van der Waals surface area contributed by atoms with Crippen molar-refractivity contribution in [1.29, 1.82) is 0 Å². The lowest BCUT2D eigenvalue weighted by molar-refractivity contribution is 0.194. The van der Waals surface area contributed by atoms with E-state index in [1.165, 1.54) is 201 Å². The zero-order valence-electron chi connectivity index (χ0n) is 24.6. The lowest BCUT2D eigenvalue weighted by Gasteiger charge is -2.28. The summed E-state index contributed by atoms with van der Waals surface area (Å²) in [5.74, 6) is 0. The summed E-state index contributed by atoms with van der Waals surface area (Å²) in [7, 11) is 0. The van der Waals surface area contributed by atoms with Crippen LogP contribution >= 0.6 is 0 Å². The van der Waals surface area contributed by atoms with Crippen molar-refractivity contribution in [2.24, 2.45) is 0 Å². The lowest BCUT2D eigenvalue weighted by atomic mass is 10.2. The Morgan fingerprint density at radius 1 is 0.297 bits per heavy atom. The highest BCUT2D eigenvalue weighted by Crippen LogP contribution is 2.12. The van der Waals surface area contributed by atoms with Crippen LogP contribution in [-0.4, -0.2) is 147 Å². The minimum Gasteiger partial charge on any atom is -0.303 e. The fraction of sp³-hybridized carbons (Fsp3) is 1.00. The second-order valence-electron chi connectivity index (χ2n) is 12.6. The minimum atomic E-state index is 1.30. The molecule has 37 heavy (non-hydrogen) atoms. The van der Waals surface area contributed by atoms with Gasteiger partial charge in [0.05, 0.1) is 0 Å². The van der Waals surface area contributed by atoms with Crippen LogP contribution in [0.1, 0.15) is 83.5 Å². The maximum Gasteiger partial charge on any atom is -0.000653 e. The van der Waals surface area contributed by atoms with Gasteiger partial charge in [0.1, 0.15) is 0 Å². The average molecular weight is 519 g/mol. The predicted molar refractivity (Wildman–Crippen MR) is 159 cm³/mol. The van der Waals surface area contributed by atoms with Gasteiger partial charge in [0.15, 0.2) is 0 Å². The van der Waals surface area contributed by atoms with Crippen molar-refractivity contribution in [2.75, 3.05) is 118 Å². The van der Waals surface area contributed by atoms with Gasteiger partial charge in [-0.15, -0.1) is 0 Å². The van der Waals surface area contributed by atoms with Crippen LogP contribution in [0.5, 0.6) is 0 Å². The van der Waals surface area contributed by atoms with Gasteiger partial charge in [0.25, 0.3) is 0 Å². The molecule has 4 aliphatic rings. The summed E-state index contributed by atoms with van der Waals surface area (Å²) in [5.41, 5.74) is 0. The molecule has 0 aliphatic carbocycles. The standard InChI is InChI=1S/C31H62N6/c1-2-15-32(14-1)22-9-26-36(27-10-23-33-16-3-4-17-33)30-13-31-37(28-11-24-34-18-5-6-19-34)29-12-25-35-20-7-8-21-35/h1-31H2. The van der Waals surface area contributed by atoms with Crippen molar-refractivity contribution in [1.82, 2.24) is 29.4 Å². The molecule has 0 saturated carbocycles. The summed E-state index contributed by atoms with van der Waals surface area (Å²) in [5, 5.41) is 0. The van der Waals surface area contributed by atoms with Crippen molar-refractivity contribution in [3.8, 4) is 0 Å². The average Bonchev–Trinajstić information content (AvgIpc) is 3.72. The number of hydrogen-bond acceptors (Lipinski definition) is 6. The molecule has 0 aromatic rings. The number of likely N-dealkylation sites (tertiary alicyclic amines) is 4. The minimum absolute atomic E-state index is 1.30. The molecule has 0 aromatic heterocycles. The molecule has 6 nitrogen and oxygen atoms in total. The molecular weight excluding hydrogens is 456 g/mol. The summed E-state index contributed by atoms with van der Waals surface area (Å²) in [6, 6.07) is 0. The molecular formula is C31H62N6. The third-order valence-electron chi connectivity index (χ3n) is 9.54. The Balaban J connectivity index is 1.16. The van der Waals surface area contributed by atoms with Gasteiger partial charge in [-0.05, 0) is 201 Å². The Hall–Kier alpha value is -0.240. The molecule has 0 N–H and O–H groups in total. The van der Waals surface area contributed by atoms with E-state index >= 15 is 0 Å². The highest BCUT2D eigenvalue weighted by atomic mass is 15.2. The molecule has 6 heteroatoms. The molecule has 0 radical (unpaired) electrons. The molecule has 4 heterocycles. The third kappa shape index (κ3) is 12.2. The molecule has 0 amide bonds. The molecule has 4 fully saturated rings. The fourth-order valence-electron chi connectivity index (χ4n) is 7.29. The topological polar surface area (TPSA) is 19.4 Å². The van der Waals surface area contributed by atoms with Gasteiger partial charge in [-0.2, -0.15) is 0 Å². The Morgan fingerprint density at radius 2 is 0.514 bits per heavy atom. The van der Waals surface area contributed by atoms with Crippen LogP contribution in [-0.2, 0) is 0 Å². The van der Waals surface area contributed by atoms with Gasteiger partial charge in [0.2, 0.25) is 0 Å². The zero-order valence-corrected chi connectivity index (χ0v) is 24.6. The van der Waals surface area contributed by atoms with Crippen molar-refractivity contribution >= 4 is 0 Å². The van der Waals surface area contributed by atoms with Crippen molar-refractivity contribution in [3.05, 3.63) is 0 Å². The van der Waals surface area contributed by atoms with Gasteiger partial charge < -0.3 is 29.4 Å². The van der Waals surface area contributed by atoms with E-state index in [0.29, 0.717) is 0 Å². The van der Waals surface area contributed by atoms with Crippen LogP contribution in [0.2, 0.25) is 0 Å². The van der Waals surface area contributed by atoms with Gasteiger partial charge in [-0.1, -0.05) is 0 Å². The summed E-state index contributed by atoms with van der Waals surface area (Å²) in [6.07, 6.45) is 18.2. The number of nitrogens with zero attached hydrogens (tertiary/aromatic N) is 6. The van der Waals surface area contributed by atoms with Gasteiger partial charge in [-0.25, -0.2) is 0 Å². The Kier molecular flexibility index (Phi) is 14.6. The number of rotatable bonds is 20. The van der Waals surface area contributed by atoms with Crippen molar-refractivity contribution in [3.63, 3.8) is 0 Å². The molecule has 0 spiro atoms. The van der Waals surface area contributed by atoms with Crippen molar-refractivity contribution in [2.45, 2.75) is 83.5 Å². The van der Waals surface area contributed by atoms with Crippen LogP contribution in [0, 0.1) is 0 Å². The Bertz CT molecular complexity index is 458. The van der Waals surface area contributed by atoms with Gasteiger partial charge >= 0.3 is 0 Å². The molecule has 0 atom stereocenters. The SMILES string of the molecule is C1CCN(CCCN(CCCN2CCCC2)CCCN(CCCN2CCCC2)CCCN2CCCC2)C1. The van der Waals surface area contributed by atoms with Crippen molar-refractivity contribution < 1.29 is 0 Å². The molecule has 4 aliphatic heterocycles. The van der Waals surface area contributed by atoms with Crippen LogP contribution in [0.25, 0.3) is 0 Å². The highest BCUT2D eigenvalue weighted by Gasteiger charge is 2.16. The fourth-order valence-corrected chi connectivity index (χ4v) is 7.29. The normalized spacial score (nSPS) is 22.5. The van der Waals surface area contributed by atoms with E-state index in [1.807, 2.05) is 0 Å². The van der Waals surface area contributed by atoms with E-state index in [4.69, 9.17) is 0 Å². The van der Waals surface area contributed by atoms with E-state index in [1.54, 1.807) is 0 Å². The third-order valence-corrected chi connectivity index (χ3v) is 9.54. The molecule has 216 valence electrons. The van der Waals surface area contributed by atoms with E-state index in [2.05, 4.69) is 29.4 Å². The van der Waals surface area contributed by atoms with Crippen LogP contribution in [0.4, 0.5) is 0 Å². The zero-order chi connectivity index (χ0) is 25.4. The summed E-state index contributed by atoms with van der Waals surface area (Å²) in [4.78, 5) is 16.5. The highest BCUT2D eigenvalue weighted by molar-refractivity contribution is 4.72. The maximum atomic E-state index is 2.83. The monoisotopic (exact) mass is 519 g/mol. The van der Waals surface area contributed by atoms with E-state index in [0.717, 1.165) is 0 Å². The van der Waals surface area contributed by atoms with E-state index in [-0.39, 0.29) is 0 Å². The molecule has 4 rings (SSSR count). The van der Waals surface area contributed by atoms with Gasteiger partial charge in [0, 0.05) is 0 Å². The quantitative estimate of drug-likeness (QED) is 0.242. The first kappa shape index (κ1) is 29.7. The maximum absolute atomic E-state index is 2.83. The van der Waals surface area contributed by atoms with E-state index < -0.39 is 0 Å². The molecule has 0 bridgehead atoms. The first-order valence-corrected chi connectivity index (χ1v) is 16.7.